The van der Waals surface area contributed by atoms with E-state index in [-0.39, 0.29) is 6.10 Å². The zero-order valence-electron chi connectivity index (χ0n) is 13.3. The van der Waals surface area contributed by atoms with Gasteiger partial charge in [-0.1, -0.05) is 32.1 Å². The number of nitrogens with zero attached hydrogens (tertiary/aromatic N) is 1. The normalized spacial score (nSPS) is 35.1. The van der Waals surface area contributed by atoms with Crippen LogP contribution in [0.25, 0.3) is 0 Å². The van der Waals surface area contributed by atoms with Gasteiger partial charge in [-0.05, 0) is 44.4 Å². The first-order valence-electron chi connectivity index (χ1n) is 9.23. The van der Waals surface area contributed by atoms with Crippen LogP contribution in [-0.2, 0) is 4.79 Å². The number of likely N-dealkylation sites (tertiary alicyclic amines) is 1. The predicted molar refractivity (Wildman–Crippen MR) is 83.9 cm³/mol. The summed E-state index contributed by atoms with van der Waals surface area (Å²) in [6.45, 7) is 0.930. The summed E-state index contributed by atoms with van der Waals surface area (Å²) in [5.74, 6) is 1.35. The van der Waals surface area contributed by atoms with Gasteiger partial charge >= 0.3 is 0 Å². The lowest BCUT2D eigenvalue weighted by Crippen LogP contribution is -2.45. The van der Waals surface area contributed by atoms with Gasteiger partial charge in [0, 0.05) is 24.9 Å². The van der Waals surface area contributed by atoms with Gasteiger partial charge in [-0.15, -0.1) is 0 Å². The van der Waals surface area contributed by atoms with Crippen molar-refractivity contribution in [2.24, 2.45) is 11.8 Å². The summed E-state index contributed by atoms with van der Waals surface area (Å²) in [4.78, 5) is 14.9. The largest absolute Gasteiger partial charge is 0.393 e. The van der Waals surface area contributed by atoms with Crippen molar-refractivity contribution in [2.45, 2.75) is 89.2 Å². The molecule has 1 amide bonds. The van der Waals surface area contributed by atoms with Gasteiger partial charge in [0.05, 0.1) is 6.10 Å². The SMILES string of the molecule is O=C(CC1CCCCC1)N1CCCC1C1CCCCC1O. The summed E-state index contributed by atoms with van der Waals surface area (Å²) in [5, 5.41) is 10.3. The van der Waals surface area contributed by atoms with Crippen molar-refractivity contribution in [3.8, 4) is 0 Å². The quantitative estimate of drug-likeness (QED) is 0.865. The molecule has 2 saturated carbocycles. The number of hydrogen-bond acceptors (Lipinski definition) is 2. The number of carbonyl (C=O) groups is 1. The first kappa shape index (κ1) is 15.3. The van der Waals surface area contributed by atoms with Crippen molar-refractivity contribution in [3.63, 3.8) is 0 Å². The van der Waals surface area contributed by atoms with Crippen LogP contribution in [-0.4, -0.2) is 34.6 Å². The molecule has 1 aliphatic heterocycles. The molecule has 3 fully saturated rings. The fourth-order valence-corrected chi connectivity index (χ4v) is 4.89. The van der Waals surface area contributed by atoms with Gasteiger partial charge in [0.2, 0.25) is 5.91 Å². The highest BCUT2D eigenvalue weighted by atomic mass is 16.3. The third-order valence-electron chi connectivity index (χ3n) is 6.08. The van der Waals surface area contributed by atoms with E-state index in [1.54, 1.807) is 0 Å². The third-order valence-corrected chi connectivity index (χ3v) is 6.08. The Labute approximate surface area is 129 Å². The number of hydrogen-bond donors (Lipinski definition) is 1. The maximum Gasteiger partial charge on any atom is 0.223 e. The summed E-state index contributed by atoms with van der Waals surface area (Å²) < 4.78 is 0. The van der Waals surface area contributed by atoms with Crippen molar-refractivity contribution < 1.29 is 9.90 Å². The number of aliphatic hydroxyl groups is 1. The van der Waals surface area contributed by atoms with Crippen molar-refractivity contribution in [1.29, 1.82) is 0 Å². The predicted octanol–water partition coefficient (Wildman–Crippen LogP) is 3.50. The molecule has 1 N–H and O–H groups in total. The average Bonchev–Trinajstić information content (AvgIpc) is 2.98. The minimum absolute atomic E-state index is 0.174. The zero-order valence-corrected chi connectivity index (χ0v) is 13.3. The fraction of sp³-hybridized carbons (Fsp3) is 0.944. The molecule has 3 nitrogen and oxygen atoms in total. The van der Waals surface area contributed by atoms with E-state index < -0.39 is 0 Å². The van der Waals surface area contributed by atoms with Gasteiger partial charge in [0.1, 0.15) is 0 Å². The second-order valence-corrected chi connectivity index (χ2v) is 7.52. The smallest absolute Gasteiger partial charge is 0.223 e. The highest BCUT2D eigenvalue weighted by Gasteiger charge is 2.39. The van der Waals surface area contributed by atoms with Gasteiger partial charge < -0.3 is 10.0 Å². The van der Waals surface area contributed by atoms with Gasteiger partial charge in [-0.3, -0.25) is 4.79 Å². The molecular weight excluding hydrogens is 262 g/mol. The molecule has 3 atom stereocenters. The van der Waals surface area contributed by atoms with Crippen LogP contribution in [0.4, 0.5) is 0 Å². The summed E-state index contributed by atoms with van der Waals surface area (Å²) in [7, 11) is 0. The van der Waals surface area contributed by atoms with Crippen molar-refractivity contribution in [2.75, 3.05) is 6.54 Å². The lowest BCUT2D eigenvalue weighted by molar-refractivity contribution is -0.135. The molecule has 120 valence electrons. The Kier molecular flexibility index (Phi) is 5.20. The van der Waals surface area contributed by atoms with Crippen molar-refractivity contribution >= 4 is 5.91 Å². The molecule has 0 aromatic heterocycles. The van der Waals surface area contributed by atoms with Gasteiger partial charge in [-0.2, -0.15) is 0 Å². The number of rotatable bonds is 3. The molecule has 3 rings (SSSR count). The number of amides is 1. The lowest BCUT2D eigenvalue weighted by Gasteiger charge is -2.37. The molecule has 2 aliphatic carbocycles. The van der Waals surface area contributed by atoms with E-state index in [1.165, 1.54) is 38.5 Å². The van der Waals surface area contributed by atoms with Crippen molar-refractivity contribution in [1.82, 2.24) is 4.90 Å². The molecule has 0 spiro atoms. The monoisotopic (exact) mass is 293 g/mol. The topological polar surface area (TPSA) is 40.5 Å². The van der Waals surface area contributed by atoms with Gasteiger partial charge in [0.15, 0.2) is 0 Å². The minimum Gasteiger partial charge on any atom is -0.393 e. The van der Waals surface area contributed by atoms with Crippen LogP contribution < -0.4 is 0 Å². The third kappa shape index (κ3) is 3.61. The molecule has 1 saturated heterocycles. The summed E-state index contributed by atoms with van der Waals surface area (Å²) >= 11 is 0. The molecule has 21 heavy (non-hydrogen) atoms. The Morgan fingerprint density at radius 1 is 0.905 bits per heavy atom. The van der Waals surface area contributed by atoms with Crippen LogP contribution >= 0.6 is 0 Å². The van der Waals surface area contributed by atoms with Crippen molar-refractivity contribution in [3.05, 3.63) is 0 Å². The Morgan fingerprint density at radius 2 is 1.62 bits per heavy atom. The van der Waals surface area contributed by atoms with Crippen LogP contribution in [0.3, 0.4) is 0 Å². The number of aliphatic hydroxyl groups excluding tert-OH is 1. The summed E-state index contributed by atoms with van der Waals surface area (Å²) in [6, 6.07) is 0.330. The molecular formula is C18H31NO2. The number of carbonyl (C=O) groups excluding carboxylic acids is 1. The summed E-state index contributed by atoms with van der Waals surface area (Å²) in [5.41, 5.74) is 0. The van der Waals surface area contributed by atoms with E-state index in [1.807, 2.05) is 0 Å². The molecule has 3 aliphatic rings. The van der Waals surface area contributed by atoms with E-state index in [0.717, 1.165) is 45.1 Å². The van der Waals surface area contributed by atoms with E-state index in [0.29, 0.717) is 23.8 Å². The van der Waals surface area contributed by atoms with E-state index in [9.17, 15) is 9.90 Å². The molecule has 0 radical (unpaired) electrons. The first-order chi connectivity index (χ1) is 10.3. The Hall–Kier alpha value is -0.570. The fourth-order valence-electron chi connectivity index (χ4n) is 4.89. The lowest BCUT2D eigenvalue weighted by atomic mass is 9.80. The zero-order chi connectivity index (χ0) is 14.7. The highest BCUT2D eigenvalue weighted by molar-refractivity contribution is 5.77. The molecule has 1 heterocycles. The van der Waals surface area contributed by atoms with Gasteiger partial charge in [0.25, 0.3) is 0 Å². The molecule has 3 unspecified atom stereocenters. The molecule has 3 heteroatoms. The second-order valence-electron chi connectivity index (χ2n) is 7.52. The standard InChI is InChI=1S/C18H31NO2/c20-17-11-5-4-9-15(17)16-10-6-12-19(16)18(21)13-14-7-2-1-3-8-14/h14-17,20H,1-13H2. The molecule has 0 aromatic carbocycles. The maximum atomic E-state index is 12.7. The van der Waals surface area contributed by atoms with Gasteiger partial charge in [-0.25, -0.2) is 0 Å². The maximum absolute atomic E-state index is 12.7. The molecule has 0 aromatic rings. The first-order valence-corrected chi connectivity index (χ1v) is 9.23. The average molecular weight is 293 g/mol. The van der Waals surface area contributed by atoms with Crippen LogP contribution in [0.5, 0.6) is 0 Å². The second kappa shape index (κ2) is 7.13. The van der Waals surface area contributed by atoms with Crippen LogP contribution in [0.2, 0.25) is 0 Å². The Balaban J connectivity index is 1.58. The van der Waals surface area contributed by atoms with E-state index >= 15 is 0 Å². The highest BCUT2D eigenvalue weighted by Crippen LogP contribution is 2.36. The minimum atomic E-state index is -0.174. The van der Waals surface area contributed by atoms with E-state index in [4.69, 9.17) is 0 Å². The van der Waals surface area contributed by atoms with Crippen LogP contribution in [0.1, 0.15) is 77.0 Å². The molecule has 0 bridgehead atoms. The Morgan fingerprint density at radius 3 is 2.38 bits per heavy atom. The Bertz CT molecular complexity index is 351. The van der Waals surface area contributed by atoms with E-state index in [2.05, 4.69) is 4.90 Å². The summed E-state index contributed by atoms with van der Waals surface area (Å²) in [6.07, 6.45) is 13.7. The van der Waals surface area contributed by atoms with Crippen LogP contribution in [0.15, 0.2) is 0 Å². The van der Waals surface area contributed by atoms with Crippen LogP contribution in [0, 0.1) is 11.8 Å².